The minimum atomic E-state index is -0.248. The summed E-state index contributed by atoms with van der Waals surface area (Å²) in [6.07, 6.45) is 4.66. The highest BCUT2D eigenvalue weighted by atomic mass is 16.6. The largest absolute Gasteiger partial charge is 0.488 e. The van der Waals surface area contributed by atoms with Gasteiger partial charge in [-0.1, -0.05) is 18.2 Å². The summed E-state index contributed by atoms with van der Waals surface area (Å²) in [5.74, 6) is 0.869. The maximum absolute atomic E-state index is 5.92. The molecule has 1 unspecified atom stereocenters. The Labute approximate surface area is 115 Å². The molecule has 20 heavy (non-hydrogen) atoms. The average Bonchev–Trinajstić information content (AvgIpc) is 2.81. The number of nitrogens with zero attached hydrogens (tertiary/aromatic N) is 4. The Morgan fingerprint density at radius 1 is 1.20 bits per heavy atom. The first-order chi connectivity index (χ1) is 9.92. The third-order valence-corrected chi connectivity index (χ3v) is 3.33. The second-order valence-corrected chi connectivity index (χ2v) is 4.57. The number of rotatable bonds is 1. The summed E-state index contributed by atoms with van der Waals surface area (Å²) in [4.78, 5) is 12.5. The molecule has 3 aromatic rings. The maximum Gasteiger partial charge on any atom is 0.171 e. The summed E-state index contributed by atoms with van der Waals surface area (Å²) < 4.78 is 13.6. The summed E-state index contributed by atoms with van der Waals surface area (Å²) in [7, 11) is 0. The van der Waals surface area contributed by atoms with Crippen LogP contribution in [-0.4, -0.2) is 26.1 Å². The Hall–Kier alpha value is -2.47. The molecule has 1 aliphatic rings. The minimum Gasteiger partial charge on any atom is -0.488 e. The molecule has 0 aliphatic carbocycles. The third-order valence-electron chi connectivity index (χ3n) is 3.33. The van der Waals surface area contributed by atoms with Gasteiger partial charge in [-0.2, -0.15) is 0 Å². The van der Waals surface area contributed by atoms with Gasteiger partial charge in [-0.3, -0.25) is 4.57 Å². The lowest BCUT2D eigenvalue weighted by molar-refractivity contribution is -0.0236. The maximum atomic E-state index is 5.92. The molecule has 6 nitrogen and oxygen atoms in total. The number of benzene rings is 1. The van der Waals surface area contributed by atoms with E-state index in [1.54, 1.807) is 12.5 Å². The second-order valence-electron chi connectivity index (χ2n) is 4.57. The van der Waals surface area contributed by atoms with Gasteiger partial charge in [-0.25, -0.2) is 15.0 Å². The van der Waals surface area contributed by atoms with Crippen LogP contribution in [0.15, 0.2) is 43.1 Å². The number of para-hydroxylation sites is 1. The Morgan fingerprint density at radius 2 is 2.15 bits per heavy atom. The number of hydrogen-bond donors (Lipinski definition) is 0. The molecule has 1 atom stereocenters. The van der Waals surface area contributed by atoms with E-state index >= 15 is 0 Å². The van der Waals surface area contributed by atoms with E-state index in [2.05, 4.69) is 15.0 Å². The quantitative estimate of drug-likeness (QED) is 0.675. The summed E-state index contributed by atoms with van der Waals surface area (Å²) in [5.41, 5.74) is 2.55. The van der Waals surface area contributed by atoms with Crippen LogP contribution in [-0.2, 0) is 11.3 Å². The molecule has 0 amide bonds. The molecule has 0 fully saturated rings. The van der Waals surface area contributed by atoms with Crippen LogP contribution in [0, 0.1) is 0 Å². The number of imidazole rings is 1. The van der Waals surface area contributed by atoms with Crippen molar-refractivity contribution in [1.29, 1.82) is 0 Å². The molecule has 0 radical (unpaired) electrons. The van der Waals surface area contributed by atoms with Gasteiger partial charge in [0.1, 0.15) is 24.2 Å². The van der Waals surface area contributed by atoms with Crippen LogP contribution >= 0.6 is 0 Å². The van der Waals surface area contributed by atoms with E-state index in [-0.39, 0.29) is 6.23 Å². The van der Waals surface area contributed by atoms with Gasteiger partial charge < -0.3 is 9.47 Å². The van der Waals surface area contributed by atoms with Crippen molar-refractivity contribution in [3.63, 3.8) is 0 Å². The van der Waals surface area contributed by atoms with Crippen molar-refractivity contribution >= 4 is 11.2 Å². The summed E-state index contributed by atoms with van der Waals surface area (Å²) in [5, 5.41) is 0. The number of hydrogen-bond acceptors (Lipinski definition) is 5. The number of aromatic nitrogens is 4. The van der Waals surface area contributed by atoms with Gasteiger partial charge in [0.2, 0.25) is 0 Å². The van der Waals surface area contributed by atoms with Gasteiger partial charge >= 0.3 is 0 Å². The highest BCUT2D eigenvalue weighted by Gasteiger charge is 2.20. The van der Waals surface area contributed by atoms with Crippen molar-refractivity contribution in [3.8, 4) is 5.75 Å². The first-order valence-corrected chi connectivity index (χ1v) is 6.37. The molecule has 0 bridgehead atoms. The van der Waals surface area contributed by atoms with Crippen LogP contribution < -0.4 is 4.74 Å². The summed E-state index contributed by atoms with van der Waals surface area (Å²) in [6, 6.07) is 7.89. The molecule has 0 spiro atoms. The zero-order valence-corrected chi connectivity index (χ0v) is 10.6. The fraction of sp³-hybridized carbons (Fsp3) is 0.214. The van der Waals surface area contributed by atoms with Crippen molar-refractivity contribution in [2.75, 3.05) is 6.61 Å². The van der Waals surface area contributed by atoms with Gasteiger partial charge in [0.15, 0.2) is 11.9 Å². The predicted molar refractivity (Wildman–Crippen MR) is 71.1 cm³/mol. The molecule has 100 valence electrons. The second kappa shape index (κ2) is 4.57. The van der Waals surface area contributed by atoms with Crippen LogP contribution in [0.3, 0.4) is 0 Å². The molecule has 0 saturated carbocycles. The van der Waals surface area contributed by atoms with Crippen LogP contribution in [0.5, 0.6) is 5.75 Å². The van der Waals surface area contributed by atoms with Crippen LogP contribution in [0.1, 0.15) is 11.8 Å². The van der Waals surface area contributed by atoms with E-state index in [0.29, 0.717) is 13.2 Å². The molecule has 3 heterocycles. The van der Waals surface area contributed by atoms with Crippen LogP contribution in [0.2, 0.25) is 0 Å². The highest BCUT2D eigenvalue weighted by Crippen LogP contribution is 2.27. The Kier molecular flexibility index (Phi) is 2.60. The monoisotopic (exact) mass is 268 g/mol. The fourth-order valence-electron chi connectivity index (χ4n) is 2.32. The third kappa shape index (κ3) is 1.81. The summed E-state index contributed by atoms with van der Waals surface area (Å²) in [6.45, 7) is 0.929. The van der Waals surface area contributed by atoms with Gasteiger partial charge in [-0.05, 0) is 6.07 Å². The Bertz CT molecular complexity index is 729. The Morgan fingerprint density at radius 3 is 3.15 bits per heavy atom. The minimum absolute atomic E-state index is 0.248. The van der Waals surface area contributed by atoms with E-state index in [1.807, 2.05) is 28.8 Å². The van der Waals surface area contributed by atoms with Gasteiger partial charge in [0, 0.05) is 5.56 Å². The van der Waals surface area contributed by atoms with Crippen molar-refractivity contribution in [2.45, 2.75) is 12.8 Å². The first-order valence-electron chi connectivity index (χ1n) is 6.37. The van der Waals surface area contributed by atoms with Crippen molar-refractivity contribution in [2.24, 2.45) is 0 Å². The molecular formula is C14H12N4O2. The zero-order chi connectivity index (χ0) is 13.4. The molecule has 6 heteroatoms. The van der Waals surface area contributed by atoms with Gasteiger partial charge in [-0.15, -0.1) is 0 Å². The van der Waals surface area contributed by atoms with E-state index in [1.165, 1.54) is 6.33 Å². The highest BCUT2D eigenvalue weighted by molar-refractivity contribution is 5.68. The normalized spacial score (nSPS) is 18.3. The zero-order valence-electron chi connectivity index (χ0n) is 10.6. The lowest BCUT2D eigenvalue weighted by Gasteiger charge is -2.16. The number of fused-ring (bicyclic) bond motifs is 2. The molecule has 0 N–H and O–H groups in total. The van der Waals surface area contributed by atoms with E-state index < -0.39 is 0 Å². The molecule has 2 aromatic heterocycles. The van der Waals surface area contributed by atoms with Crippen molar-refractivity contribution in [1.82, 2.24) is 19.5 Å². The lowest BCUT2D eigenvalue weighted by Crippen LogP contribution is -2.18. The van der Waals surface area contributed by atoms with E-state index in [4.69, 9.17) is 9.47 Å². The summed E-state index contributed by atoms with van der Waals surface area (Å²) >= 11 is 0. The van der Waals surface area contributed by atoms with Gasteiger partial charge in [0.25, 0.3) is 0 Å². The first kappa shape index (κ1) is 11.4. The smallest absolute Gasteiger partial charge is 0.171 e. The molecule has 0 saturated heterocycles. The van der Waals surface area contributed by atoms with E-state index in [9.17, 15) is 0 Å². The van der Waals surface area contributed by atoms with Crippen LogP contribution in [0.4, 0.5) is 0 Å². The average molecular weight is 268 g/mol. The molecule has 1 aromatic carbocycles. The van der Waals surface area contributed by atoms with Crippen LogP contribution in [0.25, 0.3) is 11.2 Å². The SMILES string of the molecule is c1ccc2c(c1)COC(n1cnc3cncnc31)CO2. The molecule has 1 aliphatic heterocycles. The topological polar surface area (TPSA) is 62.1 Å². The fourth-order valence-corrected chi connectivity index (χ4v) is 2.32. The van der Waals surface area contributed by atoms with E-state index in [0.717, 1.165) is 22.5 Å². The molecule has 4 rings (SSSR count). The number of ether oxygens (including phenoxy) is 2. The standard InChI is InChI=1S/C14H12N4O2/c1-2-4-12-10(3-1)6-20-13(7-19-12)18-9-17-11-5-15-8-16-14(11)18/h1-5,8-9,13H,6-7H2. The predicted octanol–water partition coefficient (Wildman–Crippen LogP) is 1.93. The van der Waals surface area contributed by atoms with Crippen molar-refractivity contribution in [3.05, 3.63) is 48.7 Å². The van der Waals surface area contributed by atoms with Gasteiger partial charge in [0.05, 0.1) is 19.1 Å². The lowest BCUT2D eigenvalue weighted by atomic mass is 10.2. The molecular weight excluding hydrogens is 256 g/mol. The Balaban J connectivity index is 1.68. The van der Waals surface area contributed by atoms with Crippen molar-refractivity contribution < 1.29 is 9.47 Å².